The first-order valence-electron chi connectivity index (χ1n) is 8.77. The summed E-state index contributed by atoms with van der Waals surface area (Å²) in [5.74, 6) is 1.48. The van der Waals surface area contributed by atoms with Gasteiger partial charge in [-0.05, 0) is 34.9 Å². The zero-order valence-electron chi connectivity index (χ0n) is 15.3. The predicted molar refractivity (Wildman–Crippen MR) is 107 cm³/mol. The van der Waals surface area contributed by atoms with Gasteiger partial charge in [0.2, 0.25) is 5.16 Å². The maximum atomic E-state index is 4.70. The van der Waals surface area contributed by atoms with Gasteiger partial charge in [-0.1, -0.05) is 57.2 Å². The van der Waals surface area contributed by atoms with Crippen molar-refractivity contribution in [1.82, 2.24) is 24.8 Å². The first-order chi connectivity index (χ1) is 13.0. The van der Waals surface area contributed by atoms with Gasteiger partial charge in [-0.2, -0.15) is 0 Å². The third kappa shape index (κ3) is 2.75. The summed E-state index contributed by atoms with van der Waals surface area (Å²) in [6.07, 6.45) is 0. The highest BCUT2D eigenvalue weighted by molar-refractivity contribution is 7.99. The second-order valence-corrected chi connectivity index (χ2v) is 8.50. The van der Waals surface area contributed by atoms with Crippen molar-refractivity contribution in [1.29, 1.82) is 0 Å². The summed E-state index contributed by atoms with van der Waals surface area (Å²) in [7, 11) is 0. The monoisotopic (exact) mass is 374 g/mol. The van der Waals surface area contributed by atoms with Gasteiger partial charge < -0.3 is 0 Å². The van der Waals surface area contributed by atoms with Gasteiger partial charge in [0.05, 0.1) is 11.0 Å². The van der Waals surface area contributed by atoms with Crippen molar-refractivity contribution < 1.29 is 0 Å². The molecule has 1 aliphatic heterocycles. The average Bonchev–Trinajstić information content (AvgIpc) is 3.06. The van der Waals surface area contributed by atoms with Crippen molar-refractivity contribution >= 4 is 28.6 Å². The number of aromatic nitrogens is 5. The largest absolute Gasteiger partial charge is 0.271 e. The molecule has 2 aromatic carbocycles. The van der Waals surface area contributed by atoms with Crippen LogP contribution >= 0.6 is 11.8 Å². The van der Waals surface area contributed by atoms with Gasteiger partial charge in [0.1, 0.15) is 5.03 Å². The third-order valence-electron chi connectivity index (χ3n) is 4.59. The Kier molecular flexibility index (Phi) is 3.48. The molecule has 5 rings (SSSR count). The number of fused-ring (bicyclic) bond motifs is 3. The van der Waals surface area contributed by atoms with E-state index in [1.807, 2.05) is 28.9 Å². The highest BCUT2D eigenvalue weighted by atomic mass is 32.2. The number of nitrogens with zero attached hydrogens (tertiary/aromatic N) is 5. The van der Waals surface area contributed by atoms with E-state index in [9.17, 15) is 0 Å². The van der Waals surface area contributed by atoms with Gasteiger partial charge in [0.15, 0.2) is 11.6 Å². The molecule has 0 spiro atoms. The number of anilines is 1. The maximum Gasteiger partial charge on any atom is 0.217 e. The Bertz CT molecular complexity index is 1160. The molecule has 0 bridgehead atoms. The topological polar surface area (TPSA) is 68.5 Å². The number of nitrogens with one attached hydrogen (secondary N) is 1. The van der Waals surface area contributed by atoms with Gasteiger partial charge in [0.25, 0.3) is 0 Å². The Balaban J connectivity index is 1.54. The fraction of sp³-hybridized carbons (Fsp3) is 0.200. The van der Waals surface area contributed by atoms with Crippen molar-refractivity contribution in [3.05, 3.63) is 54.1 Å². The maximum absolute atomic E-state index is 4.70. The Morgan fingerprint density at radius 2 is 1.59 bits per heavy atom. The second kappa shape index (κ2) is 5.79. The summed E-state index contributed by atoms with van der Waals surface area (Å²) in [6, 6.07) is 16.3. The molecular formula is C20H18N6S. The van der Waals surface area contributed by atoms with E-state index in [4.69, 9.17) is 9.97 Å². The molecule has 0 fully saturated rings. The molecule has 1 aliphatic rings. The molecule has 7 heteroatoms. The van der Waals surface area contributed by atoms with Crippen LogP contribution < -0.4 is 5.43 Å². The summed E-state index contributed by atoms with van der Waals surface area (Å²) in [6.45, 7) is 6.62. The van der Waals surface area contributed by atoms with Crippen LogP contribution in [0, 0.1) is 0 Å². The lowest BCUT2D eigenvalue weighted by atomic mass is 9.87. The highest BCUT2D eigenvalue weighted by Crippen LogP contribution is 2.37. The third-order valence-corrected chi connectivity index (χ3v) is 5.51. The fourth-order valence-electron chi connectivity index (χ4n) is 3.06. The second-order valence-electron chi connectivity index (χ2n) is 7.55. The Labute approximate surface area is 161 Å². The van der Waals surface area contributed by atoms with Gasteiger partial charge in [0, 0.05) is 5.56 Å². The number of hydrogen-bond acceptors (Lipinski definition) is 6. The van der Waals surface area contributed by atoms with Crippen LogP contribution in [0.1, 0.15) is 26.3 Å². The van der Waals surface area contributed by atoms with E-state index in [1.165, 1.54) is 17.3 Å². The van der Waals surface area contributed by atoms with Crippen LogP contribution in [0.5, 0.6) is 0 Å². The molecule has 0 atom stereocenters. The molecule has 0 saturated heterocycles. The van der Waals surface area contributed by atoms with Crippen molar-refractivity contribution in [2.75, 3.05) is 5.43 Å². The number of rotatable bonds is 1. The van der Waals surface area contributed by atoms with E-state index in [0.717, 1.165) is 38.4 Å². The van der Waals surface area contributed by atoms with Crippen LogP contribution in [-0.4, -0.2) is 24.8 Å². The van der Waals surface area contributed by atoms with Gasteiger partial charge >= 0.3 is 0 Å². The molecule has 0 amide bonds. The normalized spacial score (nSPS) is 13.1. The molecule has 2 aromatic heterocycles. The molecule has 4 aromatic rings. The summed E-state index contributed by atoms with van der Waals surface area (Å²) in [4.78, 5) is 9.40. The number of benzene rings is 2. The molecule has 0 radical (unpaired) electrons. The Morgan fingerprint density at radius 1 is 0.889 bits per heavy atom. The molecule has 0 unspecified atom stereocenters. The molecule has 134 valence electrons. The molecule has 27 heavy (non-hydrogen) atoms. The highest BCUT2D eigenvalue weighted by Gasteiger charge is 2.24. The van der Waals surface area contributed by atoms with Crippen LogP contribution in [0.15, 0.2) is 58.7 Å². The van der Waals surface area contributed by atoms with E-state index in [2.05, 4.69) is 60.7 Å². The minimum absolute atomic E-state index is 0.118. The smallest absolute Gasteiger partial charge is 0.217 e. The van der Waals surface area contributed by atoms with Crippen LogP contribution in [0.2, 0.25) is 0 Å². The van der Waals surface area contributed by atoms with E-state index >= 15 is 0 Å². The molecule has 6 nitrogen and oxygen atoms in total. The molecule has 0 aliphatic carbocycles. The lowest BCUT2D eigenvalue weighted by Crippen LogP contribution is -2.18. The molecule has 3 heterocycles. The van der Waals surface area contributed by atoms with Crippen molar-refractivity contribution in [3.63, 3.8) is 0 Å². The van der Waals surface area contributed by atoms with Gasteiger partial charge in [-0.3, -0.25) is 5.43 Å². The van der Waals surface area contributed by atoms with Crippen molar-refractivity contribution in [2.45, 2.75) is 36.4 Å². The number of hydrogen-bond donors (Lipinski definition) is 1. The molecule has 1 N–H and O–H groups in total. The Morgan fingerprint density at radius 3 is 2.30 bits per heavy atom. The van der Waals surface area contributed by atoms with E-state index in [1.54, 1.807) is 0 Å². The van der Waals surface area contributed by atoms with E-state index in [0.29, 0.717) is 0 Å². The van der Waals surface area contributed by atoms with Crippen molar-refractivity contribution in [3.8, 4) is 11.4 Å². The zero-order chi connectivity index (χ0) is 18.6. The fourth-order valence-corrected chi connectivity index (χ4v) is 3.87. The molecule has 0 saturated carbocycles. The van der Waals surface area contributed by atoms with Crippen LogP contribution in [0.3, 0.4) is 0 Å². The standard InChI is InChI=1S/C20H18N6S/c1-20(2,3)13-10-8-12(9-11-13)17-23-24-19-26(17)25-16-18(27-19)22-15-7-5-4-6-14(15)21-16/h4-11H,1-3H3,(H,21,25). The summed E-state index contributed by atoms with van der Waals surface area (Å²) in [5, 5.41) is 10.3. The minimum atomic E-state index is 0.118. The summed E-state index contributed by atoms with van der Waals surface area (Å²) >= 11 is 1.47. The summed E-state index contributed by atoms with van der Waals surface area (Å²) < 4.78 is 1.88. The predicted octanol–water partition coefficient (Wildman–Crippen LogP) is 4.53. The Hall–Kier alpha value is -2.93. The first-order valence-corrected chi connectivity index (χ1v) is 9.59. The van der Waals surface area contributed by atoms with E-state index in [-0.39, 0.29) is 5.41 Å². The molecular weight excluding hydrogens is 356 g/mol. The lowest BCUT2D eigenvalue weighted by molar-refractivity contribution is 0.590. The van der Waals surface area contributed by atoms with Crippen molar-refractivity contribution in [2.24, 2.45) is 0 Å². The van der Waals surface area contributed by atoms with Gasteiger partial charge in [-0.25, -0.2) is 14.6 Å². The quantitative estimate of drug-likeness (QED) is 0.465. The zero-order valence-corrected chi connectivity index (χ0v) is 16.1. The van der Waals surface area contributed by atoms with Crippen LogP contribution in [-0.2, 0) is 5.41 Å². The number of para-hydroxylation sites is 2. The average molecular weight is 374 g/mol. The first kappa shape index (κ1) is 16.3. The lowest BCUT2D eigenvalue weighted by Gasteiger charge is -2.20. The van der Waals surface area contributed by atoms with Crippen LogP contribution in [0.4, 0.5) is 5.82 Å². The van der Waals surface area contributed by atoms with Gasteiger partial charge in [-0.15, -0.1) is 10.2 Å². The SMILES string of the molecule is CC(C)(C)c1ccc(-c2nnc3n2Nc2nc4ccccc4nc2S3)cc1. The minimum Gasteiger partial charge on any atom is -0.271 e. The van der Waals surface area contributed by atoms with E-state index < -0.39 is 0 Å². The van der Waals surface area contributed by atoms with Crippen LogP contribution in [0.25, 0.3) is 22.4 Å². The summed E-state index contributed by atoms with van der Waals surface area (Å²) in [5.41, 5.74) is 7.46.